The number of carbonyl (C=O) groups is 2. The summed E-state index contributed by atoms with van der Waals surface area (Å²) < 4.78 is 0. The lowest BCUT2D eigenvalue weighted by molar-refractivity contribution is -0.126. The highest BCUT2D eigenvalue weighted by molar-refractivity contribution is 5.89. The molecule has 1 atom stereocenters. The van der Waals surface area contributed by atoms with Crippen molar-refractivity contribution in [1.82, 2.24) is 0 Å². The average molecular weight is 182 g/mol. The van der Waals surface area contributed by atoms with Gasteiger partial charge in [-0.3, -0.25) is 9.59 Å². The second kappa shape index (κ2) is 3.60. The molecule has 74 valence electrons. The molecule has 0 saturated heterocycles. The highest BCUT2D eigenvalue weighted by Gasteiger charge is 2.38. The zero-order valence-electron chi connectivity index (χ0n) is 8.72. The monoisotopic (exact) mass is 182 g/mol. The van der Waals surface area contributed by atoms with Crippen molar-refractivity contribution in [2.24, 2.45) is 11.3 Å². The summed E-state index contributed by atoms with van der Waals surface area (Å²) >= 11 is 0. The van der Waals surface area contributed by atoms with Crippen molar-refractivity contribution in [2.45, 2.75) is 46.5 Å². The van der Waals surface area contributed by atoms with Gasteiger partial charge < -0.3 is 0 Å². The summed E-state index contributed by atoms with van der Waals surface area (Å²) in [5.41, 5.74) is 0.121. The van der Waals surface area contributed by atoms with Crippen LogP contribution in [-0.2, 0) is 9.59 Å². The van der Waals surface area contributed by atoms with Crippen LogP contribution in [0, 0.1) is 11.3 Å². The first kappa shape index (κ1) is 10.4. The Balaban J connectivity index is 2.54. The summed E-state index contributed by atoms with van der Waals surface area (Å²) in [4.78, 5) is 22.7. The van der Waals surface area contributed by atoms with Crippen LogP contribution in [0.4, 0.5) is 0 Å². The van der Waals surface area contributed by atoms with Crippen molar-refractivity contribution >= 4 is 11.6 Å². The number of hydrogen-bond donors (Lipinski definition) is 0. The zero-order valence-corrected chi connectivity index (χ0v) is 8.72. The van der Waals surface area contributed by atoms with Crippen molar-refractivity contribution in [3.63, 3.8) is 0 Å². The first-order chi connectivity index (χ1) is 5.94. The van der Waals surface area contributed by atoms with Crippen molar-refractivity contribution < 1.29 is 9.59 Å². The Bertz CT molecular complexity index is 228. The molecular weight excluding hydrogens is 164 g/mol. The Morgan fingerprint density at radius 1 is 1.54 bits per heavy atom. The van der Waals surface area contributed by atoms with Gasteiger partial charge in [0, 0.05) is 25.2 Å². The van der Waals surface area contributed by atoms with Gasteiger partial charge in [-0.25, -0.2) is 0 Å². The Labute approximate surface area is 79.7 Å². The van der Waals surface area contributed by atoms with Gasteiger partial charge in [0.25, 0.3) is 0 Å². The van der Waals surface area contributed by atoms with Crippen molar-refractivity contribution in [3.05, 3.63) is 0 Å². The topological polar surface area (TPSA) is 34.1 Å². The van der Waals surface area contributed by atoms with Gasteiger partial charge >= 0.3 is 0 Å². The van der Waals surface area contributed by atoms with E-state index in [0.717, 1.165) is 6.42 Å². The fourth-order valence-corrected chi connectivity index (χ4v) is 2.07. The molecule has 2 heteroatoms. The summed E-state index contributed by atoms with van der Waals surface area (Å²) in [5.74, 6) is 0.519. The highest BCUT2D eigenvalue weighted by atomic mass is 16.1. The van der Waals surface area contributed by atoms with Crippen LogP contribution in [0.5, 0.6) is 0 Å². The molecule has 0 spiro atoms. The van der Waals surface area contributed by atoms with E-state index in [1.165, 1.54) is 0 Å². The summed E-state index contributed by atoms with van der Waals surface area (Å²) in [6, 6.07) is 0. The van der Waals surface area contributed by atoms with Crippen LogP contribution in [0.3, 0.4) is 0 Å². The van der Waals surface area contributed by atoms with Crippen LogP contribution in [-0.4, -0.2) is 11.6 Å². The van der Waals surface area contributed by atoms with E-state index in [4.69, 9.17) is 0 Å². The molecule has 0 aromatic heterocycles. The predicted octanol–water partition coefficient (Wildman–Crippen LogP) is 2.36. The van der Waals surface area contributed by atoms with E-state index in [0.29, 0.717) is 19.3 Å². The molecule has 0 aliphatic heterocycles. The highest BCUT2D eigenvalue weighted by Crippen LogP contribution is 2.39. The largest absolute Gasteiger partial charge is 0.300 e. The molecule has 1 aliphatic carbocycles. The van der Waals surface area contributed by atoms with Crippen LogP contribution in [0.1, 0.15) is 46.5 Å². The maximum Gasteiger partial charge on any atom is 0.136 e. The maximum atomic E-state index is 11.5. The SMILES string of the molecule is CCC(=O)CC1CC(C)(C)CC1=O. The molecule has 13 heavy (non-hydrogen) atoms. The van der Waals surface area contributed by atoms with E-state index < -0.39 is 0 Å². The number of hydrogen-bond acceptors (Lipinski definition) is 2. The Hall–Kier alpha value is -0.660. The molecule has 1 unspecified atom stereocenters. The van der Waals surface area contributed by atoms with E-state index in [9.17, 15) is 9.59 Å². The molecule has 1 rings (SSSR count). The first-order valence-electron chi connectivity index (χ1n) is 4.99. The molecule has 0 N–H and O–H groups in total. The molecule has 1 saturated carbocycles. The third kappa shape index (κ3) is 2.64. The third-order valence-electron chi connectivity index (χ3n) is 2.78. The minimum absolute atomic E-state index is 0.0162. The molecule has 0 heterocycles. The van der Waals surface area contributed by atoms with Gasteiger partial charge in [-0.2, -0.15) is 0 Å². The van der Waals surface area contributed by atoms with Gasteiger partial charge in [-0.05, 0) is 11.8 Å². The van der Waals surface area contributed by atoms with Crippen molar-refractivity contribution in [3.8, 4) is 0 Å². The quantitative estimate of drug-likeness (QED) is 0.671. The van der Waals surface area contributed by atoms with Crippen molar-refractivity contribution in [2.75, 3.05) is 0 Å². The molecule has 0 aromatic carbocycles. The average Bonchev–Trinajstić information content (AvgIpc) is 2.24. The molecule has 0 amide bonds. The van der Waals surface area contributed by atoms with Gasteiger partial charge in [-0.1, -0.05) is 20.8 Å². The van der Waals surface area contributed by atoms with Gasteiger partial charge in [0.1, 0.15) is 11.6 Å². The Morgan fingerprint density at radius 2 is 2.15 bits per heavy atom. The van der Waals surface area contributed by atoms with Gasteiger partial charge in [-0.15, -0.1) is 0 Å². The summed E-state index contributed by atoms with van der Waals surface area (Å²) in [5, 5.41) is 0. The third-order valence-corrected chi connectivity index (χ3v) is 2.78. The van der Waals surface area contributed by atoms with E-state index in [1.807, 2.05) is 6.92 Å². The Kier molecular flexibility index (Phi) is 2.89. The smallest absolute Gasteiger partial charge is 0.136 e. The lowest BCUT2D eigenvalue weighted by atomic mass is 9.89. The molecule has 1 aliphatic rings. The molecule has 0 aromatic rings. The second-order valence-electron chi connectivity index (χ2n) is 4.80. The molecular formula is C11H18O2. The molecule has 0 bridgehead atoms. The normalized spacial score (nSPS) is 26.4. The van der Waals surface area contributed by atoms with Crippen LogP contribution < -0.4 is 0 Å². The standard InChI is InChI=1S/C11H18O2/c1-4-9(12)5-8-6-11(2,3)7-10(8)13/h8H,4-7H2,1-3H3. The van der Waals surface area contributed by atoms with Crippen molar-refractivity contribution in [1.29, 1.82) is 0 Å². The maximum absolute atomic E-state index is 11.5. The van der Waals surface area contributed by atoms with Crippen LogP contribution in [0.15, 0.2) is 0 Å². The van der Waals surface area contributed by atoms with Gasteiger partial charge in [0.15, 0.2) is 0 Å². The lowest BCUT2D eigenvalue weighted by Gasteiger charge is -2.15. The fourth-order valence-electron chi connectivity index (χ4n) is 2.07. The van der Waals surface area contributed by atoms with Crippen LogP contribution >= 0.6 is 0 Å². The van der Waals surface area contributed by atoms with E-state index >= 15 is 0 Å². The molecule has 1 fully saturated rings. The summed E-state index contributed by atoms with van der Waals surface area (Å²) in [7, 11) is 0. The predicted molar refractivity (Wildman–Crippen MR) is 51.4 cm³/mol. The second-order valence-corrected chi connectivity index (χ2v) is 4.80. The van der Waals surface area contributed by atoms with E-state index in [-0.39, 0.29) is 22.9 Å². The van der Waals surface area contributed by atoms with Gasteiger partial charge in [0.05, 0.1) is 0 Å². The Morgan fingerprint density at radius 3 is 2.54 bits per heavy atom. The van der Waals surface area contributed by atoms with Crippen LogP contribution in [0.25, 0.3) is 0 Å². The zero-order chi connectivity index (χ0) is 10.1. The van der Waals surface area contributed by atoms with E-state index in [1.54, 1.807) is 0 Å². The lowest BCUT2D eigenvalue weighted by Crippen LogP contribution is -2.11. The van der Waals surface area contributed by atoms with Crippen LogP contribution in [0.2, 0.25) is 0 Å². The fraction of sp³-hybridized carbons (Fsp3) is 0.818. The summed E-state index contributed by atoms with van der Waals surface area (Å²) in [6.07, 6.45) is 2.56. The van der Waals surface area contributed by atoms with E-state index in [2.05, 4.69) is 13.8 Å². The molecule has 2 nitrogen and oxygen atoms in total. The number of carbonyl (C=O) groups excluding carboxylic acids is 2. The van der Waals surface area contributed by atoms with Gasteiger partial charge in [0.2, 0.25) is 0 Å². The minimum Gasteiger partial charge on any atom is -0.300 e. The number of Topliss-reactive ketones (excluding diaryl/α,β-unsaturated/α-hetero) is 2. The first-order valence-corrected chi connectivity index (χ1v) is 4.99. The number of ketones is 2. The minimum atomic E-state index is 0.0162. The molecule has 0 radical (unpaired) electrons. The number of rotatable bonds is 3. The summed E-state index contributed by atoms with van der Waals surface area (Å²) in [6.45, 7) is 6.05.